The monoisotopic (exact) mass is 486 g/mol. The van der Waals surface area contributed by atoms with Gasteiger partial charge >= 0.3 is 0 Å². The van der Waals surface area contributed by atoms with Crippen molar-refractivity contribution in [2.45, 2.75) is 64.0 Å². The Hall–Kier alpha value is -3.23. The van der Waals surface area contributed by atoms with Crippen LogP contribution in [-0.2, 0) is 4.79 Å². The number of carbonyl (C=O) groups is 1. The molecule has 8 heteroatoms. The maximum Gasteiger partial charge on any atom is 0.242 e. The summed E-state index contributed by atoms with van der Waals surface area (Å²) in [5.41, 5.74) is 6.88. The Morgan fingerprint density at radius 2 is 1.94 bits per heavy atom. The summed E-state index contributed by atoms with van der Waals surface area (Å²) in [6.45, 7) is 8.57. The second-order valence-corrected chi connectivity index (χ2v) is 10.6. The van der Waals surface area contributed by atoms with Gasteiger partial charge in [0.25, 0.3) is 0 Å². The SMILES string of the molecule is Cc1nc2ccc(-c3[nH]c4ccc(C5CCN(C(=O)[C@H]6NCC[C@H]6O)CC5)cc4c3C(C)C)cn2n1. The van der Waals surface area contributed by atoms with Gasteiger partial charge in [-0.05, 0) is 80.0 Å². The summed E-state index contributed by atoms with van der Waals surface area (Å²) in [5, 5.41) is 19.0. The fourth-order valence-electron chi connectivity index (χ4n) is 6.03. The van der Waals surface area contributed by atoms with Crippen molar-refractivity contribution in [2.24, 2.45) is 0 Å². The average molecular weight is 487 g/mol. The molecule has 8 nitrogen and oxygen atoms in total. The lowest BCUT2D eigenvalue weighted by molar-refractivity contribution is -0.136. The number of aromatic amines is 1. The van der Waals surface area contributed by atoms with Gasteiger partial charge in [-0.1, -0.05) is 19.9 Å². The number of aromatic nitrogens is 4. The topological polar surface area (TPSA) is 98.5 Å². The van der Waals surface area contributed by atoms with Crippen molar-refractivity contribution in [1.82, 2.24) is 29.8 Å². The molecule has 36 heavy (non-hydrogen) atoms. The number of H-pyrrole nitrogens is 1. The highest BCUT2D eigenvalue weighted by molar-refractivity contribution is 5.92. The van der Waals surface area contributed by atoms with E-state index in [1.165, 1.54) is 16.5 Å². The first-order chi connectivity index (χ1) is 17.4. The van der Waals surface area contributed by atoms with Crippen LogP contribution in [0.15, 0.2) is 36.5 Å². The quantitative estimate of drug-likeness (QED) is 0.408. The Labute approximate surface area is 210 Å². The minimum Gasteiger partial charge on any atom is -0.391 e. The zero-order valence-electron chi connectivity index (χ0n) is 21.2. The minimum atomic E-state index is -0.566. The molecule has 2 saturated heterocycles. The third-order valence-electron chi connectivity index (χ3n) is 7.90. The van der Waals surface area contributed by atoms with Crippen LogP contribution in [0.1, 0.15) is 61.9 Å². The van der Waals surface area contributed by atoms with Crippen molar-refractivity contribution in [3.05, 3.63) is 53.5 Å². The summed E-state index contributed by atoms with van der Waals surface area (Å²) in [7, 11) is 0. The number of rotatable bonds is 4. The van der Waals surface area contributed by atoms with Crippen LogP contribution in [0, 0.1) is 6.92 Å². The molecule has 5 heterocycles. The molecule has 0 aliphatic carbocycles. The number of hydrogen-bond donors (Lipinski definition) is 3. The molecule has 4 aromatic rings. The third-order valence-corrected chi connectivity index (χ3v) is 7.90. The normalized spacial score (nSPS) is 21.3. The lowest BCUT2D eigenvalue weighted by atomic mass is 9.87. The van der Waals surface area contributed by atoms with Crippen LogP contribution in [0.4, 0.5) is 0 Å². The number of carbonyl (C=O) groups excluding carboxylic acids is 1. The highest BCUT2D eigenvalue weighted by atomic mass is 16.3. The minimum absolute atomic E-state index is 0.0471. The zero-order chi connectivity index (χ0) is 25.0. The second kappa shape index (κ2) is 9.01. The van der Waals surface area contributed by atoms with Gasteiger partial charge in [0.05, 0.1) is 11.8 Å². The predicted molar refractivity (Wildman–Crippen MR) is 140 cm³/mol. The third kappa shape index (κ3) is 3.98. The Bertz CT molecular complexity index is 1430. The molecule has 3 N–H and O–H groups in total. The number of aliphatic hydroxyl groups is 1. The van der Waals surface area contributed by atoms with Gasteiger partial charge in [0.2, 0.25) is 5.91 Å². The van der Waals surface area contributed by atoms with Gasteiger partial charge < -0.3 is 20.3 Å². The van der Waals surface area contributed by atoms with Crippen LogP contribution < -0.4 is 5.32 Å². The number of benzene rings is 1. The van der Waals surface area contributed by atoms with Crippen LogP contribution in [-0.4, -0.2) is 67.3 Å². The molecule has 0 radical (unpaired) electrons. The Morgan fingerprint density at radius 1 is 1.14 bits per heavy atom. The zero-order valence-corrected chi connectivity index (χ0v) is 21.2. The van der Waals surface area contributed by atoms with Crippen LogP contribution in [0.5, 0.6) is 0 Å². The predicted octanol–water partition coefficient (Wildman–Crippen LogP) is 3.74. The van der Waals surface area contributed by atoms with E-state index in [9.17, 15) is 9.90 Å². The number of likely N-dealkylation sites (tertiary alicyclic amines) is 1. The Balaban J connectivity index is 1.27. The summed E-state index contributed by atoms with van der Waals surface area (Å²) >= 11 is 0. The Kier molecular flexibility index (Phi) is 5.80. The largest absolute Gasteiger partial charge is 0.391 e. The highest BCUT2D eigenvalue weighted by Gasteiger charge is 2.35. The number of aliphatic hydroxyl groups excluding tert-OH is 1. The van der Waals surface area contributed by atoms with Crippen LogP contribution in [0.2, 0.25) is 0 Å². The molecule has 2 atom stereocenters. The van der Waals surface area contributed by atoms with Gasteiger partial charge in [0, 0.05) is 35.8 Å². The fourth-order valence-corrected chi connectivity index (χ4v) is 6.03. The number of amides is 1. The average Bonchev–Trinajstić information content (AvgIpc) is 3.58. The van der Waals surface area contributed by atoms with E-state index < -0.39 is 12.1 Å². The van der Waals surface area contributed by atoms with Crippen molar-refractivity contribution in [3.8, 4) is 11.3 Å². The summed E-state index contributed by atoms with van der Waals surface area (Å²) in [6.07, 6.45) is 4.02. The van der Waals surface area contributed by atoms with E-state index in [1.54, 1.807) is 0 Å². The molecule has 1 aromatic carbocycles. The van der Waals surface area contributed by atoms with Crippen molar-refractivity contribution < 1.29 is 9.90 Å². The van der Waals surface area contributed by atoms with Crippen molar-refractivity contribution in [1.29, 1.82) is 0 Å². The summed E-state index contributed by atoms with van der Waals surface area (Å²) in [6, 6.07) is 10.5. The highest BCUT2D eigenvalue weighted by Crippen LogP contribution is 2.38. The summed E-state index contributed by atoms with van der Waals surface area (Å²) < 4.78 is 1.85. The molecule has 2 aliphatic rings. The summed E-state index contributed by atoms with van der Waals surface area (Å²) in [5.74, 6) is 1.58. The molecular weight excluding hydrogens is 452 g/mol. The van der Waals surface area contributed by atoms with Crippen molar-refractivity contribution >= 4 is 22.5 Å². The van der Waals surface area contributed by atoms with Crippen LogP contribution >= 0.6 is 0 Å². The van der Waals surface area contributed by atoms with Crippen LogP contribution in [0.3, 0.4) is 0 Å². The summed E-state index contributed by atoms with van der Waals surface area (Å²) in [4.78, 5) is 22.9. The van der Waals surface area contributed by atoms with Gasteiger partial charge in [0.15, 0.2) is 5.65 Å². The number of aryl methyl sites for hydroxylation is 1. The lowest BCUT2D eigenvalue weighted by Crippen LogP contribution is -2.50. The van der Waals surface area contributed by atoms with Gasteiger partial charge in [-0.2, -0.15) is 5.10 Å². The molecule has 0 bridgehead atoms. The van der Waals surface area contributed by atoms with Crippen molar-refractivity contribution in [3.63, 3.8) is 0 Å². The number of nitrogens with one attached hydrogen (secondary N) is 2. The maximum atomic E-state index is 12.9. The van der Waals surface area contributed by atoms with E-state index in [0.717, 1.165) is 54.2 Å². The maximum absolute atomic E-state index is 12.9. The first kappa shape index (κ1) is 23.2. The number of piperidine rings is 1. The number of fused-ring (bicyclic) bond motifs is 2. The van der Waals surface area contributed by atoms with E-state index in [2.05, 4.69) is 64.7 Å². The van der Waals surface area contributed by atoms with Crippen LogP contribution in [0.25, 0.3) is 27.8 Å². The molecule has 2 aliphatic heterocycles. The molecule has 188 valence electrons. The Morgan fingerprint density at radius 3 is 2.67 bits per heavy atom. The molecule has 0 saturated carbocycles. The second-order valence-electron chi connectivity index (χ2n) is 10.6. The first-order valence-electron chi connectivity index (χ1n) is 13.1. The first-order valence-corrected chi connectivity index (χ1v) is 13.1. The van der Waals surface area contributed by atoms with Gasteiger partial charge in [-0.25, -0.2) is 9.50 Å². The van der Waals surface area contributed by atoms with E-state index in [0.29, 0.717) is 24.8 Å². The lowest BCUT2D eigenvalue weighted by Gasteiger charge is -2.34. The van der Waals surface area contributed by atoms with Gasteiger partial charge in [0.1, 0.15) is 11.9 Å². The van der Waals surface area contributed by atoms with Crippen molar-refractivity contribution in [2.75, 3.05) is 19.6 Å². The molecule has 2 fully saturated rings. The number of nitrogens with zero attached hydrogens (tertiary/aromatic N) is 4. The van der Waals surface area contributed by atoms with E-state index in [4.69, 9.17) is 0 Å². The molecular formula is C28H34N6O2. The molecule has 3 aromatic heterocycles. The number of hydrogen-bond acceptors (Lipinski definition) is 5. The van der Waals surface area contributed by atoms with E-state index in [-0.39, 0.29) is 5.91 Å². The standard InChI is InChI=1S/C28H34N6O2/c1-16(2)25-21-14-19(18-9-12-33(13-10-18)28(36)27-23(35)8-11-29-27)4-6-22(21)31-26(25)20-5-7-24-30-17(3)32-34(24)15-20/h4-7,14-16,18,23,27,29,31,35H,8-13H2,1-3H3/t23-,27+/m1/s1. The van der Waals surface area contributed by atoms with E-state index >= 15 is 0 Å². The molecule has 0 unspecified atom stereocenters. The van der Waals surface area contributed by atoms with Gasteiger partial charge in [-0.3, -0.25) is 4.79 Å². The van der Waals surface area contributed by atoms with Gasteiger partial charge in [-0.15, -0.1) is 0 Å². The molecule has 1 amide bonds. The smallest absolute Gasteiger partial charge is 0.242 e. The molecule has 6 rings (SSSR count). The van der Waals surface area contributed by atoms with E-state index in [1.807, 2.05) is 22.4 Å². The number of pyridine rings is 1. The fraction of sp³-hybridized carbons (Fsp3) is 0.464. The molecule has 0 spiro atoms.